The minimum atomic E-state index is -0.189. The molecule has 2 heterocycles. The monoisotopic (exact) mass is 243 g/mol. The van der Waals surface area contributed by atoms with E-state index in [0.717, 1.165) is 6.21 Å². The van der Waals surface area contributed by atoms with Gasteiger partial charge in [0.1, 0.15) is 5.69 Å². The molecule has 0 saturated carbocycles. The molecule has 0 unspecified atom stereocenters. The van der Waals surface area contributed by atoms with Crippen molar-refractivity contribution in [1.82, 2.24) is 14.5 Å². The Morgan fingerprint density at radius 3 is 2.83 bits per heavy atom. The van der Waals surface area contributed by atoms with E-state index in [9.17, 15) is 4.79 Å². The van der Waals surface area contributed by atoms with Crippen LogP contribution in [0.25, 0.3) is 0 Å². The number of pyridine rings is 1. The smallest absolute Gasteiger partial charge is 0.276 e. The van der Waals surface area contributed by atoms with Gasteiger partial charge in [-0.15, -0.1) is 0 Å². The van der Waals surface area contributed by atoms with Gasteiger partial charge < -0.3 is 14.9 Å². The Morgan fingerprint density at radius 1 is 1.50 bits per heavy atom. The minimum Gasteiger partial charge on any atom is -0.322 e. The molecule has 92 valence electrons. The van der Waals surface area contributed by atoms with Gasteiger partial charge in [0, 0.05) is 20.3 Å². The van der Waals surface area contributed by atoms with Gasteiger partial charge in [-0.3, -0.25) is 9.78 Å². The van der Waals surface area contributed by atoms with Crippen LogP contribution in [0.4, 0.5) is 5.69 Å². The molecule has 0 aliphatic carbocycles. The van der Waals surface area contributed by atoms with E-state index in [2.05, 4.69) is 9.97 Å². The molecule has 0 aliphatic heterocycles. The lowest BCUT2D eigenvalue weighted by Crippen LogP contribution is -2.28. The van der Waals surface area contributed by atoms with Crippen LogP contribution in [0.1, 0.15) is 16.3 Å². The molecule has 2 rings (SSSR count). The van der Waals surface area contributed by atoms with Crippen LogP contribution in [-0.4, -0.2) is 33.7 Å². The van der Waals surface area contributed by atoms with Crippen molar-refractivity contribution in [3.63, 3.8) is 0 Å². The zero-order valence-electron chi connectivity index (χ0n) is 10.2. The van der Waals surface area contributed by atoms with E-state index in [1.807, 2.05) is 0 Å². The third-order valence-corrected chi connectivity index (χ3v) is 2.71. The molecule has 6 heteroatoms. The van der Waals surface area contributed by atoms with Gasteiger partial charge in [-0.25, -0.2) is 4.98 Å². The summed E-state index contributed by atoms with van der Waals surface area (Å²) < 4.78 is 1.59. The van der Waals surface area contributed by atoms with Crippen molar-refractivity contribution < 1.29 is 4.79 Å². The second-order valence-electron chi connectivity index (χ2n) is 3.78. The standard InChI is InChI=1S/C12H13N5O/c1-16(9-4-3-5-14-7-9)12(18)10-8-15-11(6-13)17(10)2/h3-8,13H,1-2H3. The first kappa shape index (κ1) is 12.0. The number of rotatable bonds is 3. The zero-order valence-corrected chi connectivity index (χ0v) is 10.2. The van der Waals surface area contributed by atoms with Crippen LogP contribution in [0.2, 0.25) is 0 Å². The van der Waals surface area contributed by atoms with E-state index in [1.165, 1.54) is 11.1 Å². The van der Waals surface area contributed by atoms with Crippen molar-refractivity contribution >= 4 is 17.8 Å². The summed E-state index contributed by atoms with van der Waals surface area (Å²) in [6, 6.07) is 3.57. The van der Waals surface area contributed by atoms with E-state index in [1.54, 1.807) is 43.2 Å². The van der Waals surface area contributed by atoms with Crippen LogP contribution in [0.5, 0.6) is 0 Å². The summed E-state index contributed by atoms with van der Waals surface area (Å²) in [5, 5.41) is 7.17. The fourth-order valence-corrected chi connectivity index (χ4v) is 1.60. The second-order valence-corrected chi connectivity index (χ2v) is 3.78. The van der Waals surface area contributed by atoms with Gasteiger partial charge in [-0.2, -0.15) is 0 Å². The van der Waals surface area contributed by atoms with E-state index in [4.69, 9.17) is 5.41 Å². The Labute approximate surface area is 104 Å². The van der Waals surface area contributed by atoms with Gasteiger partial charge in [-0.05, 0) is 12.1 Å². The predicted molar refractivity (Wildman–Crippen MR) is 68.1 cm³/mol. The number of nitrogens with one attached hydrogen (secondary N) is 1. The lowest BCUT2D eigenvalue weighted by atomic mass is 10.3. The Morgan fingerprint density at radius 2 is 2.28 bits per heavy atom. The lowest BCUT2D eigenvalue weighted by Gasteiger charge is -2.16. The maximum absolute atomic E-state index is 12.3. The number of hydrogen-bond acceptors (Lipinski definition) is 4. The molecule has 6 nitrogen and oxygen atoms in total. The maximum atomic E-state index is 12.3. The van der Waals surface area contributed by atoms with Gasteiger partial charge in [0.25, 0.3) is 5.91 Å². The number of amides is 1. The van der Waals surface area contributed by atoms with Crippen molar-refractivity contribution in [2.75, 3.05) is 11.9 Å². The molecule has 2 aromatic rings. The molecule has 0 radical (unpaired) electrons. The van der Waals surface area contributed by atoms with Crippen LogP contribution in [0.15, 0.2) is 30.7 Å². The first-order valence-corrected chi connectivity index (χ1v) is 5.35. The van der Waals surface area contributed by atoms with Crippen molar-refractivity contribution in [2.45, 2.75) is 0 Å². The van der Waals surface area contributed by atoms with E-state index in [0.29, 0.717) is 17.2 Å². The van der Waals surface area contributed by atoms with Crippen LogP contribution < -0.4 is 4.90 Å². The highest BCUT2D eigenvalue weighted by molar-refractivity contribution is 6.04. The molecule has 18 heavy (non-hydrogen) atoms. The first-order valence-electron chi connectivity index (χ1n) is 5.35. The number of imidazole rings is 1. The molecule has 0 bridgehead atoms. The average Bonchev–Trinajstić information content (AvgIpc) is 2.79. The lowest BCUT2D eigenvalue weighted by molar-refractivity contribution is 0.0985. The van der Waals surface area contributed by atoms with Crippen LogP contribution >= 0.6 is 0 Å². The van der Waals surface area contributed by atoms with Gasteiger partial charge in [0.15, 0.2) is 5.82 Å². The summed E-state index contributed by atoms with van der Waals surface area (Å²) in [4.78, 5) is 21.7. The van der Waals surface area contributed by atoms with E-state index in [-0.39, 0.29) is 5.91 Å². The number of carbonyl (C=O) groups excluding carboxylic acids is 1. The number of carbonyl (C=O) groups is 1. The number of nitrogens with zero attached hydrogens (tertiary/aromatic N) is 4. The summed E-state index contributed by atoms with van der Waals surface area (Å²) in [7, 11) is 3.38. The second kappa shape index (κ2) is 4.79. The predicted octanol–water partition coefficient (Wildman–Crippen LogP) is 1.09. The summed E-state index contributed by atoms with van der Waals surface area (Å²) in [5.74, 6) is 0.254. The third-order valence-electron chi connectivity index (χ3n) is 2.71. The highest BCUT2D eigenvalue weighted by atomic mass is 16.2. The molecule has 0 aromatic carbocycles. The van der Waals surface area contributed by atoms with E-state index >= 15 is 0 Å². The number of anilines is 1. The summed E-state index contributed by atoms with van der Waals surface area (Å²) in [6.07, 6.45) is 5.85. The Kier molecular flexibility index (Phi) is 3.18. The van der Waals surface area contributed by atoms with Crippen molar-refractivity contribution in [2.24, 2.45) is 7.05 Å². The quantitative estimate of drug-likeness (QED) is 0.820. The van der Waals surface area contributed by atoms with Crippen LogP contribution in [0, 0.1) is 5.41 Å². The fraction of sp³-hybridized carbons (Fsp3) is 0.167. The Bertz CT molecular complexity index is 575. The topological polar surface area (TPSA) is 74.9 Å². The molecule has 0 aliphatic rings. The molecule has 1 N–H and O–H groups in total. The average molecular weight is 243 g/mol. The Balaban J connectivity index is 2.31. The zero-order chi connectivity index (χ0) is 13.1. The van der Waals surface area contributed by atoms with Crippen molar-refractivity contribution in [3.8, 4) is 0 Å². The van der Waals surface area contributed by atoms with Gasteiger partial charge >= 0.3 is 0 Å². The normalized spacial score (nSPS) is 10.1. The molecule has 0 atom stereocenters. The summed E-state index contributed by atoms with van der Waals surface area (Å²) >= 11 is 0. The molecule has 2 aromatic heterocycles. The van der Waals surface area contributed by atoms with Gasteiger partial charge in [0.05, 0.1) is 24.3 Å². The SMILES string of the molecule is CN(C(=O)c1cnc(C=N)n1C)c1cccnc1. The highest BCUT2D eigenvalue weighted by Crippen LogP contribution is 2.13. The summed E-state index contributed by atoms with van der Waals surface area (Å²) in [6.45, 7) is 0. The molecule has 0 spiro atoms. The van der Waals surface area contributed by atoms with Gasteiger partial charge in [-0.1, -0.05) is 0 Å². The van der Waals surface area contributed by atoms with E-state index < -0.39 is 0 Å². The van der Waals surface area contributed by atoms with Crippen LogP contribution in [-0.2, 0) is 7.05 Å². The summed E-state index contributed by atoms with van der Waals surface area (Å²) in [5.41, 5.74) is 1.14. The number of hydrogen-bond donors (Lipinski definition) is 1. The number of aromatic nitrogens is 3. The third kappa shape index (κ3) is 2.00. The molecular weight excluding hydrogens is 230 g/mol. The first-order chi connectivity index (χ1) is 8.65. The minimum absolute atomic E-state index is 0.189. The molecule has 0 fully saturated rings. The molecular formula is C12H13N5O. The molecule has 1 amide bonds. The largest absolute Gasteiger partial charge is 0.322 e. The van der Waals surface area contributed by atoms with Crippen molar-refractivity contribution in [3.05, 3.63) is 42.2 Å². The Hall–Kier alpha value is -2.50. The maximum Gasteiger partial charge on any atom is 0.276 e. The van der Waals surface area contributed by atoms with Crippen LogP contribution in [0.3, 0.4) is 0 Å². The van der Waals surface area contributed by atoms with Crippen molar-refractivity contribution in [1.29, 1.82) is 5.41 Å². The fourth-order valence-electron chi connectivity index (χ4n) is 1.60. The molecule has 0 saturated heterocycles. The highest BCUT2D eigenvalue weighted by Gasteiger charge is 2.18. The van der Waals surface area contributed by atoms with Gasteiger partial charge in [0.2, 0.25) is 0 Å².